The molecule has 0 radical (unpaired) electrons. The van der Waals surface area contributed by atoms with E-state index in [0.29, 0.717) is 20.7 Å². The molecular formula is C19H23NO4S. The van der Waals surface area contributed by atoms with E-state index in [4.69, 9.17) is 9.47 Å². The molecule has 0 atom stereocenters. The first kappa shape index (κ1) is 19.0. The normalized spacial score (nSPS) is 13.2. The molecule has 134 valence electrons. The van der Waals surface area contributed by atoms with Crippen LogP contribution in [0, 0.1) is 5.41 Å². The van der Waals surface area contributed by atoms with Crippen molar-refractivity contribution in [2.75, 3.05) is 14.2 Å². The highest BCUT2D eigenvalue weighted by molar-refractivity contribution is 7.07. The monoisotopic (exact) mass is 361 g/mol. The van der Waals surface area contributed by atoms with Gasteiger partial charge in [-0.15, -0.1) is 11.3 Å². The molecule has 0 amide bonds. The third-order valence-corrected chi connectivity index (χ3v) is 4.87. The second kappa shape index (κ2) is 7.27. The molecule has 2 aromatic rings. The maximum absolute atomic E-state index is 12.5. The molecule has 0 bridgehead atoms. The summed E-state index contributed by atoms with van der Waals surface area (Å²) in [5.74, 6) is 1.21. The molecule has 1 heterocycles. The number of carbonyl (C=O) groups excluding carboxylic acids is 1. The molecule has 0 N–H and O–H groups in total. The molecule has 0 saturated carbocycles. The van der Waals surface area contributed by atoms with E-state index in [9.17, 15) is 9.59 Å². The molecule has 0 aliphatic carbocycles. The molecule has 0 aliphatic heterocycles. The summed E-state index contributed by atoms with van der Waals surface area (Å²) in [5.41, 5.74) is 0.214. The minimum absolute atomic E-state index is 0.0120. The molecule has 6 heteroatoms. The quantitative estimate of drug-likeness (QED) is 0.832. The lowest BCUT2D eigenvalue weighted by molar-refractivity contribution is -0.120. The number of methoxy groups -OCH3 is 2. The summed E-state index contributed by atoms with van der Waals surface area (Å²) in [6, 6.07) is 5.45. The van der Waals surface area contributed by atoms with Gasteiger partial charge in [-0.05, 0) is 23.8 Å². The largest absolute Gasteiger partial charge is 0.493 e. The lowest BCUT2D eigenvalue weighted by Gasteiger charge is -2.12. The van der Waals surface area contributed by atoms with Crippen molar-refractivity contribution in [3.63, 3.8) is 0 Å². The highest BCUT2D eigenvalue weighted by Gasteiger charge is 2.19. The van der Waals surface area contributed by atoms with Gasteiger partial charge in [0, 0.05) is 18.5 Å². The van der Waals surface area contributed by atoms with Crippen LogP contribution in [0.4, 0.5) is 0 Å². The fourth-order valence-electron chi connectivity index (χ4n) is 2.13. The number of hydrogen-bond acceptors (Lipinski definition) is 5. The van der Waals surface area contributed by atoms with Crippen LogP contribution < -0.4 is 24.2 Å². The van der Waals surface area contributed by atoms with Gasteiger partial charge in [-0.3, -0.25) is 9.59 Å². The number of aromatic nitrogens is 1. The third-order valence-electron chi connectivity index (χ3n) is 3.76. The molecule has 0 saturated heterocycles. The number of hydrogen-bond donors (Lipinski definition) is 0. The summed E-state index contributed by atoms with van der Waals surface area (Å²) in [4.78, 5) is 24.7. The number of nitrogens with zero attached hydrogens (tertiary/aromatic N) is 1. The number of carbonyl (C=O) groups is 1. The Labute approximate surface area is 150 Å². The zero-order chi connectivity index (χ0) is 18.8. The SMILES string of the molecule is COc1ccc(/C=c2\s/c(=C\C(=O)C(C)(C)C)n(C)c2=O)cc1OC. The van der Waals surface area contributed by atoms with Crippen molar-refractivity contribution in [2.45, 2.75) is 20.8 Å². The highest BCUT2D eigenvalue weighted by Crippen LogP contribution is 2.27. The molecule has 0 fully saturated rings. The van der Waals surface area contributed by atoms with Crippen LogP contribution in [0.25, 0.3) is 12.2 Å². The molecule has 2 rings (SSSR count). The van der Waals surface area contributed by atoms with Crippen molar-refractivity contribution >= 4 is 29.3 Å². The van der Waals surface area contributed by atoms with Crippen molar-refractivity contribution in [1.29, 1.82) is 0 Å². The minimum Gasteiger partial charge on any atom is -0.493 e. The van der Waals surface area contributed by atoms with Crippen LogP contribution >= 0.6 is 11.3 Å². The second-order valence-corrected chi connectivity index (χ2v) is 7.75. The van der Waals surface area contributed by atoms with Gasteiger partial charge in [0.25, 0.3) is 5.56 Å². The molecule has 0 spiro atoms. The van der Waals surface area contributed by atoms with E-state index in [-0.39, 0.29) is 11.3 Å². The molecule has 1 aromatic heterocycles. The van der Waals surface area contributed by atoms with E-state index in [1.807, 2.05) is 32.9 Å². The summed E-state index contributed by atoms with van der Waals surface area (Å²) < 4.78 is 13.2. The fourth-order valence-corrected chi connectivity index (χ4v) is 3.16. The number of ketones is 1. The van der Waals surface area contributed by atoms with Gasteiger partial charge in [0.15, 0.2) is 17.3 Å². The topological polar surface area (TPSA) is 57.5 Å². The molecule has 5 nitrogen and oxygen atoms in total. The number of ether oxygens (including phenoxy) is 2. The van der Waals surface area contributed by atoms with E-state index in [0.717, 1.165) is 5.56 Å². The third kappa shape index (κ3) is 4.20. The Hall–Kier alpha value is -2.34. The fraction of sp³-hybridized carbons (Fsp3) is 0.368. The average Bonchev–Trinajstić information content (AvgIpc) is 2.82. The van der Waals surface area contributed by atoms with Crippen molar-refractivity contribution in [1.82, 2.24) is 4.57 Å². The van der Waals surface area contributed by atoms with Gasteiger partial charge < -0.3 is 14.0 Å². The Bertz CT molecular complexity index is 961. The van der Waals surface area contributed by atoms with Crippen LogP contribution in [0.3, 0.4) is 0 Å². The van der Waals surface area contributed by atoms with Crippen LogP contribution in [0.2, 0.25) is 0 Å². The van der Waals surface area contributed by atoms with Crippen LogP contribution in [0.1, 0.15) is 26.3 Å². The number of Topliss-reactive ketones (excluding diaryl/α,β-unsaturated/α-hetero) is 1. The molecule has 1 aromatic carbocycles. The van der Waals surface area contributed by atoms with E-state index < -0.39 is 5.41 Å². The van der Waals surface area contributed by atoms with E-state index in [1.165, 1.54) is 22.0 Å². The standard InChI is InChI=1S/C19H23NO4S/c1-19(2,3)16(21)11-17-20(4)18(22)15(25-17)10-12-7-8-13(23-5)14(9-12)24-6/h7-11H,1-6H3/b15-10-,17-11-. The van der Waals surface area contributed by atoms with E-state index in [1.54, 1.807) is 33.4 Å². The van der Waals surface area contributed by atoms with Gasteiger partial charge in [-0.25, -0.2) is 0 Å². The number of thiazole rings is 1. The van der Waals surface area contributed by atoms with Gasteiger partial charge in [0.1, 0.15) is 4.66 Å². The predicted octanol–water partition coefficient (Wildman–Crippen LogP) is 1.69. The Kier molecular flexibility index (Phi) is 5.52. The van der Waals surface area contributed by atoms with Crippen molar-refractivity contribution in [3.05, 3.63) is 43.3 Å². The lowest BCUT2D eigenvalue weighted by atomic mass is 9.91. The average molecular weight is 361 g/mol. The molecule has 0 unspecified atom stereocenters. The molecule has 25 heavy (non-hydrogen) atoms. The first-order valence-electron chi connectivity index (χ1n) is 7.83. The Morgan fingerprint density at radius 2 is 1.80 bits per heavy atom. The summed E-state index contributed by atoms with van der Waals surface area (Å²) in [5, 5.41) is 0. The summed E-state index contributed by atoms with van der Waals surface area (Å²) in [6.07, 6.45) is 3.33. The first-order valence-corrected chi connectivity index (χ1v) is 8.64. The van der Waals surface area contributed by atoms with Gasteiger partial charge >= 0.3 is 0 Å². The maximum Gasteiger partial charge on any atom is 0.268 e. The summed E-state index contributed by atoms with van der Waals surface area (Å²) in [7, 11) is 4.81. The predicted molar refractivity (Wildman–Crippen MR) is 101 cm³/mol. The zero-order valence-corrected chi connectivity index (χ0v) is 16.2. The van der Waals surface area contributed by atoms with Crippen molar-refractivity contribution < 1.29 is 14.3 Å². The van der Waals surface area contributed by atoms with Crippen LogP contribution in [-0.4, -0.2) is 24.6 Å². The van der Waals surface area contributed by atoms with Crippen molar-refractivity contribution in [2.24, 2.45) is 12.5 Å². The Morgan fingerprint density at radius 3 is 2.36 bits per heavy atom. The highest BCUT2D eigenvalue weighted by atomic mass is 32.1. The first-order chi connectivity index (χ1) is 11.7. The van der Waals surface area contributed by atoms with Crippen LogP contribution in [0.15, 0.2) is 23.0 Å². The van der Waals surface area contributed by atoms with Crippen molar-refractivity contribution in [3.8, 4) is 11.5 Å². The second-order valence-electron chi connectivity index (χ2n) is 6.69. The minimum atomic E-state index is -0.479. The summed E-state index contributed by atoms with van der Waals surface area (Å²) >= 11 is 1.30. The van der Waals surface area contributed by atoms with Gasteiger partial charge in [-0.2, -0.15) is 0 Å². The van der Waals surface area contributed by atoms with E-state index in [2.05, 4.69) is 0 Å². The lowest BCUT2D eigenvalue weighted by Crippen LogP contribution is -2.30. The smallest absolute Gasteiger partial charge is 0.268 e. The van der Waals surface area contributed by atoms with Crippen LogP contribution in [-0.2, 0) is 11.8 Å². The Morgan fingerprint density at radius 1 is 1.16 bits per heavy atom. The van der Waals surface area contributed by atoms with Gasteiger partial charge in [-0.1, -0.05) is 26.8 Å². The molecular weight excluding hydrogens is 338 g/mol. The zero-order valence-electron chi connectivity index (χ0n) is 15.4. The number of benzene rings is 1. The summed E-state index contributed by atoms with van der Waals surface area (Å²) in [6.45, 7) is 5.57. The Balaban J connectivity index is 2.57. The van der Waals surface area contributed by atoms with Gasteiger partial charge in [0.2, 0.25) is 0 Å². The maximum atomic E-state index is 12.5. The van der Waals surface area contributed by atoms with Crippen LogP contribution in [0.5, 0.6) is 11.5 Å². The number of rotatable bonds is 4. The van der Waals surface area contributed by atoms with Gasteiger partial charge in [0.05, 0.1) is 18.8 Å². The van der Waals surface area contributed by atoms with E-state index >= 15 is 0 Å². The molecule has 0 aliphatic rings.